The van der Waals surface area contributed by atoms with Crippen LogP contribution in [0.3, 0.4) is 0 Å². The van der Waals surface area contributed by atoms with Crippen LogP contribution in [0.25, 0.3) is 0 Å². The van der Waals surface area contributed by atoms with Crippen molar-refractivity contribution in [1.29, 1.82) is 0 Å². The standard InChI is InChI=1S/C21H20BrN3O2S2/c22-21-24-12-14(28-21)11-23-19(27)18-15-8-4-5-9-16(15)29-20(18)25-17(26)10-13-6-2-1-3-7-13/h1-3,6-7,12H,4-5,8-11H2,(H,23,27)(H,25,26). The minimum Gasteiger partial charge on any atom is -0.347 e. The molecule has 0 fully saturated rings. The van der Waals surface area contributed by atoms with E-state index in [0.29, 0.717) is 23.5 Å². The molecule has 0 bridgehead atoms. The van der Waals surface area contributed by atoms with E-state index in [0.717, 1.165) is 45.6 Å². The van der Waals surface area contributed by atoms with E-state index in [-0.39, 0.29) is 11.8 Å². The molecular formula is C21H20BrN3O2S2. The molecule has 4 rings (SSSR count). The number of fused-ring (bicyclic) bond motifs is 1. The van der Waals surface area contributed by atoms with Crippen molar-refractivity contribution < 1.29 is 9.59 Å². The van der Waals surface area contributed by atoms with Crippen molar-refractivity contribution in [1.82, 2.24) is 10.3 Å². The average molecular weight is 490 g/mol. The molecule has 3 aromatic rings. The predicted molar refractivity (Wildman–Crippen MR) is 121 cm³/mol. The van der Waals surface area contributed by atoms with Gasteiger partial charge in [-0.2, -0.15) is 0 Å². The first kappa shape index (κ1) is 20.3. The molecule has 2 N–H and O–H groups in total. The van der Waals surface area contributed by atoms with Crippen LogP contribution in [0.4, 0.5) is 5.00 Å². The van der Waals surface area contributed by atoms with Crippen LogP contribution in [-0.2, 0) is 30.6 Å². The summed E-state index contributed by atoms with van der Waals surface area (Å²) in [7, 11) is 0. The Morgan fingerprint density at radius 2 is 1.90 bits per heavy atom. The van der Waals surface area contributed by atoms with Crippen molar-refractivity contribution in [2.45, 2.75) is 38.6 Å². The van der Waals surface area contributed by atoms with E-state index in [1.807, 2.05) is 30.3 Å². The van der Waals surface area contributed by atoms with Crippen molar-refractivity contribution in [3.8, 4) is 0 Å². The van der Waals surface area contributed by atoms with Gasteiger partial charge in [-0.1, -0.05) is 30.3 Å². The Kier molecular flexibility index (Phi) is 6.42. The Labute approximate surface area is 185 Å². The van der Waals surface area contributed by atoms with Gasteiger partial charge in [0, 0.05) is 16.0 Å². The highest BCUT2D eigenvalue weighted by Crippen LogP contribution is 2.38. The maximum atomic E-state index is 13.0. The van der Waals surface area contributed by atoms with Crippen LogP contribution >= 0.6 is 38.6 Å². The van der Waals surface area contributed by atoms with Crippen molar-refractivity contribution in [3.05, 3.63) is 66.9 Å². The number of halogens is 1. The van der Waals surface area contributed by atoms with Crippen LogP contribution < -0.4 is 10.6 Å². The molecule has 1 aromatic carbocycles. The number of carbonyl (C=O) groups is 2. The quantitative estimate of drug-likeness (QED) is 0.513. The van der Waals surface area contributed by atoms with Crippen molar-refractivity contribution in [2.24, 2.45) is 0 Å². The Balaban J connectivity index is 1.52. The highest BCUT2D eigenvalue weighted by molar-refractivity contribution is 9.11. The third kappa shape index (κ3) is 4.94. The molecule has 0 spiro atoms. The fourth-order valence-corrected chi connectivity index (χ4v) is 6.07. The van der Waals surface area contributed by atoms with E-state index >= 15 is 0 Å². The molecule has 0 saturated carbocycles. The lowest BCUT2D eigenvalue weighted by Gasteiger charge is -2.13. The number of carbonyl (C=O) groups excluding carboxylic acids is 2. The summed E-state index contributed by atoms with van der Waals surface area (Å²) in [6.45, 7) is 0.421. The lowest BCUT2D eigenvalue weighted by Crippen LogP contribution is -2.25. The summed E-state index contributed by atoms with van der Waals surface area (Å²) >= 11 is 6.38. The normalized spacial score (nSPS) is 13.0. The summed E-state index contributed by atoms with van der Waals surface area (Å²) < 4.78 is 0.795. The highest BCUT2D eigenvalue weighted by atomic mass is 79.9. The fourth-order valence-electron chi connectivity index (χ4n) is 3.47. The number of hydrogen-bond acceptors (Lipinski definition) is 5. The number of thiophene rings is 1. The van der Waals surface area contributed by atoms with Gasteiger partial charge >= 0.3 is 0 Å². The first-order valence-corrected chi connectivity index (χ1v) is 11.9. The van der Waals surface area contributed by atoms with Gasteiger partial charge in [0.1, 0.15) is 5.00 Å². The zero-order valence-corrected chi connectivity index (χ0v) is 18.9. The first-order valence-electron chi connectivity index (χ1n) is 9.47. The van der Waals surface area contributed by atoms with Crippen molar-refractivity contribution in [3.63, 3.8) is 0 Å². The zero-order valence-electron chi connectivity index (χ0n) is 15.7. The van der Waals surface area contributed by atoms with Crippen molar-refractivity contribution in [2.75, 3.05) is 5.32 Å². The monoisotopic (exact) mass is 489 g/mol. The van der Waals surface area contributed by atoms with Gasteiger partial charge in [-0.15, -0.1) is 22.7 Å². The van der Waals surface area contributed by atoms with E-state index < -0.39 is 0 Å². The van der Waals surface area contributed by atoms with Crippen LogP contribution in [0.2, 0.25) is 0 Å². The third-order valence-corrected chi connectivity index (χ3v) is 7.49. The Bertz CT molecular complexity index is 1030. The molecule has 0 atom stereocenters. The molecule has 0 aliphatic heterocycles. The number of nitrogens with one attached hydrogen (secondary N) is 2. The van der Waals surface area contributed by atoms with Gasteiger partial charge in [-0.05, 0) is 52.7 Å². The lowest BCUT2D eigenvalue weighted by atomic mass is 9.95. The molecule has 2 heterocycles. The third-order valence-electron chi connectivity index (χ3n) is 4.81. The summed E-state index contributed by atoms with van der Waals surface area (Å²) in [6, 6.07) is 9.63. The van der Waals surface area contributed by atoms with Crippen LogP contribution in [0.15, 0.2) is 40.4 Å². The number of anilines is 1. The van der Waals surface area contributed by atoms with Gasteiger partial charge in [0.15, 0.2) is 3.92 Å². The molecule has 29 heavy (non-hydrogen) atoms. The van der Waals surface area contributed by atoms with E-state index in [4.69, 9.17) is 0 Å². The number of nitrogens with zero attached hydrogens (tertiary/aromatic N) is 1. The minimum absolute atomic E-state index is 0.102. The zero-order chi connectivity index (χ0) is 20.2. The maximum absolute atomic E-state index is 13.0. The van der Waals surface area contributed by atoms with E-state index in [2.05, 4.69) is 31.5 Å². The number of amides is 2. The number of hydrogen-bond donors (Lipinski definition) is 2. The van der Waals surface area contributed by atoms with E-state index in [1.54, 1.807) is 17.5 Å². The minimum atomic E-state index is -0.135. The second-order valence-corrected chi connectivity index (χ2v) is 10.4. The van der Waals surface area contributed by atoms with E-state index in [1.165, 1.54) is 16.2 Å². The van der Waals surface area contributed by atoms with Crippen LogP contribution in [0.5, 0.6) is 0 Å². The van der Waals surface area contributed by atoms with Gasteiger partial charge in [0.25, 0.3) is 5.91 Å². The number of rotatable bonds is 6. The molecule has 2 aromatic heterocycles. The molecular weight excluding hydrogens is 470 g/mol. The second kappa shape index (κ2) is 9.19. The number of thiazole rings is 1. The van der Waals surface area contributed by atoms with Crippen LogP contribution in [-0.4, -0.2) is 16.8 Å². The summed E-state index contributed by atoms with van der Waals surface area (Å²) in [4.78, 5) is 32.0. The summed E-state index contributed by atoms with van der Waals surface area (Å²) in [5, 5.41) is 6.66. The van der Waals surface area contributed by atoms with Gasteiger partial charge in [-0.3, -0.25) is 9.59 Å². The smallest absolute Gasteiger partial charge is 0.254 e. The Morgan fingerprint density at radius 3 is 2.66 bits per heavy atom. The predicted octanol–water partition coefficient (Wildman–Crippen LogP) is 4.96. The molecule has 5 nitrogen and oxygen atoms in total. The molecule has 0 saturated heterocycles. The fraction of sp³-hybridized carbons (Fsp3) is 0.286. The molecule has 150 valence electrons. The largest absolute Gasteiger partial charge is 0.347 e. The average Bonchev–Trinajstić information content (AvgIpc) is 3.29. The first-order chi connectivity index (χ1) is 14.1. The Hall–Kier alpha value is -2.03. The summed E-state index contributed by atoms with van der Waals surface area (Å²) in [6.07, 6.45) is 6.09. The summed E-state index contributed by atoms with van der Waals surface area (Å²) in [5.74, 6) is -0.237. The van der Waals surface area contributed by atoms with Gasteiger partial charge in [0.2, 0.25) is 5.91 Å². The second-order valence-electron chi connectivity index (χ2n) is 6.89. The number of aromatic nitrogens is 1. The molecule has 0 radical (unpaired) electrons. The van der Waals surface area contributed by atoms with Crippen LogP contribution in [0.1, 0.15) is 44.1 Å². The number of benzene rings is 1. The molecule has 8 heteroatoms. The summed E-state index contributed by atoms with van der Waals surface area (Å²) in [5.41, 5.74) is 2.68. The highest BCUT2D eigenvalue weighted by Gasteiger charge is 2.26. The molecule has 1 aliphatic rings. The van der Waals surface area contributed by atoms with Gasteiger partial charge in [0.05, 0.1) is 18.5 Å². The molecule has 1 aliphatic carbocycles. The van der Waals surface area contributed by atoms with Crippen molar-refractivity contribution >= 4 is 55.4 Å². The van der Waals surface area contributed by atoms with E-state index in [9.17, 15) is 9.59 Å². The van der Waals surface area contributed by atoms with Crippen LogP contribution in [0, 0.1) is 0 Å². The van der Waals surface area contributed by atoms with Gasteiger partial charge in [-0.25, -0.2) is 4.98 Å². The van der Waals surface area contributed by atoms with Gasteiger partial charge < -0.3 is 10.6 Å². The molecule has 0 unspecified atom stereocenters. The topological polar surface area (TPSA) is 71.1 Å². The SMILES string of the molecule is O=C(Cc1ccccc1)Nc1sc2c(c1C(=O)NCc1cnc(Br)s1)CCCC2. The molecule has 2 amide bonds. The lowest BCUT2D eigenvalue weighted by molar-refractivity contribution is -0.115. The maximum Gasteiger partial charge on any atom is 0.254 e. The number of aryl methyl sites for hydroxylation is 1. The Morgan fingerprint density at radius 1 is 1.10 bits per heavy atom.